The Morgan fingerprint density at radius 1 is 0.875 bits per heavy atom. The minimum Gasteiger partial charge on any atom is -0.497 e. The fourth-order valence-electron chi connectivity index (χ4n) is 1.84. The summed E-state index contributed by atoms with van der Waals surface area (Å²) in [5, 5.41) is 2.94. The molecule has 24 heavy (non-hydrogen) atoms. The molecule has 126 valence electrons. The number of methoxy groups -OCH3 is 1. The number of hydrogen-bond donors (Lipinski definition) is 0. The molecular weight excluding hydrogens is 356 g/mol. The summed E-state index contributed by atoms with van der Waals surface area (Å²) in [5.41, 5.74) is 2.16. The van der Waals surface area contributed by atoms with Crippen LogP contribution in [0.3, 0.4) is 0 Å². The van der Waals surface area contributed by atoms with Crippen LogP contribution >= 0.6 is 11.3 Å². The Bertz CT molecular complexity index is 746. The van der Waals surface area contributed by atoms with E-state index in [0.29, 0.717) is 0 Å². The second kappa shape index (κ2) is 8.20. The quantitative estimate of drug-likeness (QED) is 0.611. The van der Waals surface area contributed by atoms with Crippen LogP contribution in [-0.2, 0) is 0 Å². The molecule has 3 aromatic rings. The molecule has 1 aromatic heterocycles. The molecular formula is C16H13ClO6S. The summed E-state index contributed by atoms with van der Waals surface area (Å²) in [6.07, 6.45) is 0. The van der Waals surface area contributed by atoms with Crippen LogP contribution in [0.5, 0.6) is 5.75 Å². The van der Waals surface area contributed by atoms with E-state index in [9.17, 15) is 0 Å². The van der Waals surface area contributed by atoms with Gasteiger partial charge in [0.2, 0.25) is 0 Å². The van der Waals surface area contributed by atoms with Crippen molar-refractivity contribution in [1.82, 2.24) is 0 Å². The Kier molecular flexibility index (Phi) is 6.27. The molecule has 0 N–H and O–H groups in total. The molecule has 0 aliphatic heterocycles. The summed E-state index contributed by atoms with van der Waals surface area (Å²) in [4.78, 5) is 0. The van der Waals surface area contributed by atoms with Crippen LogP contribution in [0.2, 0.25) is 0 Å². The van der Waals surface area contributed by atoms with Gasteiger partial charge in [-0.25, -0.2) is 18.6 Å². The summed E-state index contributed by atoms with van der Waals surface area (Å²) in [6, 6.07) is 18.0. The zero-order valence-electron chi connectivity index (χ0n) is 12.5. The molecule has 1 heterocycles. The highest BCUT2D eigenvalue weighted by atomic mass is 35.7. The standard InChI is InChI=1S/C16H13O2S.ClHO4/c1-17-14-9-7-13(8-10-14)16-18-15(11-19-16)12-5-3-2-4-6-12;2-1(3,4)5/h2-11H,1H3;(H,2,3,4,5)/q+1;/p-1. The largest absolute Gasteiger partial charge is 0.497 e. The predicted molar refractivity (Wildman–Crippen MR) is 78.4 cm³/mol. The number of rotatable bonds is 3. The van der Waals surface area contributed by atoms with Gasteiger partial charge in [-0.2, -0.15) is 4.42 Å². The molecule has 3 rings (SSSR count). The lowest BCUT2D eigenvalue weighted by atomic mass is 10.2. The monoisotopic (exact) mass is 368 g/mol. The van der Waals surface area contributed by atoms with E-state index in [0.717, 1.165) is 27.7 Å². The van der Waals surface area contributed by atoms with Crippen molar-refractivity contribution in [3.63, 3.8) is 0 Å². The van der Waals surface area contributed by atoms with E-state index in [-0.39, 0.29) is 0 Å². The minimum atomic E-state index is -4.94. The molecule has 8 heteroatoms. The van der Waals surface area contributed by atoms with Crippen LogP contribution in [0.25, 0.3) is 22.0 Å². The lowest BCUT2D eigenvalue weighted by Gasteiger charge is -2.17. The molecule has 0 radical (unpaired) electrons. The zero-order valence-corrected chi connectivity index (χ0v) is 14.1. The molecule has 2 aromatic carbocycles. The van der Waals surface area contributed by atoms with Crippen LogP contribution in [0.1, 0.15) is 0 Å². The van der Waals surface area contributed by atoms with E-state index in [1.54, 1.807) is 18.4 Å². The molecule has 0 fully saturated rings. The Morgan fingerprint density at radius 3 is 2.00 bits per heavy atom. The molecule has 0 bridgehead atoms. The zero-order chi connectivity index (χ0) is 17.6. The number of halogens is 1. The summed E-state index contributed by atoms with van der Waals surface area (Å²) < 4.78 is 45.0. The van der Waals surface area contributed by atoms with Crippen LogP contribution in [0.15, 0.2) is 64.4 Å². The Morgan fingerprint density at radius 2 is 1.46 bits per heavy atom. The third-order valence-electron chi connectivity index (χ3n) is 2.86. The van der Waals surface area contributed by atoms with Gasteiger partial charge in [0.1, 0.15) is 11.1 Å². The number of ether oxygens (including phenoxy) is 1. The number of benzene rings is 2. The molecule has 0 aliphatic carbocycles. The van der Waals surface area contributed by atoms with Crippen molar-refractivity contribution in [3.05, 3.63) is 60.0 Å². The fourth-order valence-corrected chi connectivity index (χ4v) is 2.65. The van der Waals surface area contributed by atoms with Crippen molar-refractivity contribution in [3.8, 4) is 27.7 Å². The molecule has 0 amide bonds. The van der Waals surface area contributed by atoms with E-state index in [4.69, 9.17) is 27.8 Å². The average Bonchev–Trinajstić information content (AvgIpc) is 3.04. The van der Waals surface area contributed by atoms with Crippen LogP contribution in [0.4, 0.5) is 0 Å². The maximum Gasteiger partial charge on any atom is 0.417 e. The Balaban J connectivity index is 0.000000368. The van der Waals surface area contributed by atoms with Gasteiger partial charge < -0.3 is 4.74 Å². The maximum atomic E-state index is 8.49. The van der Waals surface area contributed by atoms with Crippen molar-refractivity contribution in [1.29, 1.82) is 0 Å². The molecule has 0 spiro atoms. The van der Waals surface area contributed by atoms with Gasteiger partial charge in [-0.05, 0) is 47.7 Å². The van der Waals surface area contributed by atoms with Crippen molar-refractivity contribution < 1.29 is 38.0 Å². The lowest BCUT2D eigenvalue weighted by Crippen LogP contribution is -2.68. The fraction of sp³-hybridized carbons (Fsp3) is 0.0625. The SMILES string of the molecule is COc1ccc(-c2[o+]c(-c3ccccc3)cs2)cc1.[O-][Cl+3]([O-])([O-])[O-]. The van der Waals surface area contributed by atoms with Gasteiger partial charge in [0.05, 0.1) is 18.2 Å². The average molecular weight is 369 g/mol. The smallest absolute Gasteiger partial charge is 0.417 e. The molecule has 0 atom stereocenters. The van der Waals surface area contributed by atoms with Gasteiger partial charge in [-0.15, -0.1) is 10.2 Å². The highest BCUT2D eigenvalue weighted by Gasteiger charge is 2.20. The molecule has 0 saturated heterocycles. The second-order valence-corrected chi connectivity index (χ2v) is 6.06. The van der Waals surface area contributed by atoms with Crippen LogP contribution < -0.4 is 23.4 Å². The van der Waals surface area contributed by atoms with E-state index >= 15 is 0 Å². The van der Waals surface area contributed by atoms with E-state index < -0.39 is 10.2 Å². The topological polar surface area (TPSA) is 113 Å². The highest BCUT2D eigenvalue weighted by Crippen LogP contribution is 2.33. The van der Waals surface area contributed by atoms with Gasteiger partial charge in [-0.1, -0.05) is 18.2 Å². The molecule has 0 unspecified atom stereocenters. The predicted octanol–water partition coefficient (Wildman–Crippen LogP) is 0.209. The van der Waals surface area contributed by atoms with Gasteiger partial charge >= 0.3 is 10.8 Å². The lowest BCUT2D eigenvalue weighted by molar-refractivity contribution is -2.00. The van der Waals surface area contributed by atoms with E-state index in [1.807, 2.05) is 60.0 Å². The van der Waals surface area contributed by atoms with E-state index in [2.05, 4.69) is 0 Å². The first-order chi connectivity index (χ1) is 11.4. The summed E-state index contributed by atoms with van der Waals surface area (Å²) in [6.45, 7) is 0. The third-order valence-corrected chi connectivity index (χ3v) is 3.72. The summed E-state index contributed by atoms with van der Waals surface area (Å²) in [7, 11) is -3.28. The van der Waals surface area contributed by atoms with Crippen molar-refractivity contribution in [2.24, 2.45) is 0 Å². The van der Waals surface area contributed by atoms with Crippen molar-refractivity contribution in [2.75, 3.05) is 7.11 Å². The first kappa shape index (κ1) is 18.3. The first-order valence-corrected chi connectivity index (χ1v) is 8.71. The molecule has 0 aliphatic rings. The van der Waals surface area contributed by atoms with Crippen molar-refractivity contribution in [2.45, 2.75) is 0 Å². The maximum absolute atomic E-state index is 8.49. The molecule has 6 nitrogen and oxygen atoms in total. The first-order valence-electron chi connectivity index (χ1n) is 6.60. The minimum absolute atomic E-state index is 0.851. The second-order valence-electron chi connectivity index (χ2n) is 4.46. The van der Waals surface area contributed by atoms with Gasteiger partial charge in [0.25, 0.3) is 0 Å². The van der Waals surface area contributed by atoms with Gasteiger partial charge in [-0.3, -0.25) is 0 Å². The summed E-state index contributed by atoms with van der Waals surface area (Å²) >= 11 is 1.60. The van der Waals surface area contributed by atoms with Crippen LogP contribution in [-0.4, -0.2) is 7.11 Å². The molecule has 0 saturated carbocycles. The Labute approximate surface area is 144 Å². The Hall–Kier alpha value is -2.00. The van der Waals surface area contributed by atoms with Crippen molar-refractivity contribution >= 4 is 11.3 Å². The van der Waals surface area contributed by atoms with E-state index in [1.165, 1.54) is 0 Å². The third kappa shape index (κ3) is 5.89. The van der Waals surface area contributed by atoms with Crippen LogP contribution in [0, 0.1) is 10.2 Å². The summed E-state index contributed by atoms with van der Waals surface area (Å²) in [5.74, 6) is 1.75. The van der Waals surface area contributed by atoms with Gasteiger partial charge in [0, 0.05) is 0 Å². The normalized spacial score (nSPS) is 10.7. The number of hydrogen-bond acceptors (Lipinski definition) is 6. The van der Waals surface area contributed by atoms with Gasteiger partial charge in [0.15, 0.2) is 0 Å². The highest BCUT2D eigenvalue weighted by molar-refractivity contribution is 7.13.